The second-order valence-corrected chi connectivity index (χ2v) is 3.47. The molecule has 0 aliphatic carbocycles. The third kappa shape index (κ3) is 1.91. The lowest BCUT2D eigenvalue weighted by Gasteiger charge is -2.09. The molecule has 0 fully saturated rings. The Hall–Kier alpha value is -2.17. The van der Waals surface area contributed by atoms with E-state index in [2.05, 4.69) is 0 Å². The third-order valence-electron chi connectivity index (χ3n) is 2.50. The number of cyclic esters (lactones) is 1. The minimum atomic E-state index is -0.533. The molecule has 0 saturated carbocycles. The Morgan fingerprint density at radius 2 is 1.94 bits per heavy atom. The fourth-order valence-electron chi connectivity index (χ4n) is 1.67. The van der Waals surface area contributed by atoms with Crippen molar-refractivity contribution >= 4 is 11.5 Å². The molecule has 0 radical (unpaired) electrons. The van der Waals surface area contributed by atoms with E-state index in [0.29, 0.717) is 17.1 Å². The summed E-state index contributed by atoms with van der Waals surface area (Å²) in [7, 11) is 3.03. The van der Waals surface area contributed by atoms with Gasteiger partial charge in [-0.3, -0.25) is 0 Å². The van der Waals surface area contributed by atoms with E-state index < -0.39 is 5.97 Å². The first-order valence-electron chi connectivity index (χ1n) is 4.99. The molecule has 5 heteroatoms. The number of hydrogen-bond acceptors (Lipinski definition) is 5. The van der Waals surface area contributed by atoms with E-state index in [0.717, 1.165) is 0 Å². The number of ether oxygens (including phenoxy) is 3. The molecule has 1 aliphatic heterocycles. The molecule has 1 aromatic carbocycles. The number of aliphatic hydroxyl groups is 1. The maximum absolute atomic E-state index is 11.4. The van der Waals surface area contributed by atoms with Crippen LogP contribution in [-0.2, 0) is 9.53 Å². The first-order chi connectivity index (χ1) is 8.17. The lowest BCUT2D eigenvalue weighted by atomic mass is 10.1. The van der Waals surface area contributed by atoms with Crippen LogP contribution in [0.5, 0.6) is 11.5 Å². The highest BCUT2D eigenvalue weighted by atomic mass is 16.5. The molecule has 1 N–H and O–H groups in total. The van der Waals surface area contributed by atoms with Gasteiger partial charge in [0.25, 0.3) is 0 Å². The fraction of sp³-hybridized carbons (Fsp3) is 0.250. The average molecular weight is 236 g/mol. The predicted molar refractivity (Wildman–Crippen MR) is 60.1 cm³/mol. The number of carbonyl (C=O) groups is 1. The first kappa shape index (κ1) is 11.3. The standard InChI is InChI=1S/C12H12O5/c1-15-9-4-3-7(5-10(9)16-2)11-8(13)6-17-12(11)14/h3-5,13H,6H2,1-2H3. The van der Waals surface area contributed by atoms with E-state index >= 15 is 0 Å². The Kier molecular flexibility index (Phi) is 2.91. The number of methoxy groups -OCH3 is 2. The maximum Gasteiger partial charge on any atom is 0.342 e. The molecule has 1 aromatic rings. The van der Waals surface area contributed by atoms with Crippen LogP contribution in [0.15, 0.2) is 24.0 Å². The minimum Gasteiger partial charge on any atom is -0.508 e. The summed E-state index contributed by atoms with van der Waals surface area (Å²) < 4.78 is 14.9. The van der Waals surface area contributed by atoms with Crippen molar-refractivity contribution in [1.29, 1.82) is 0 Å². The van der Waals surface area contributed by atoms with Crippen LogP contribution in [-0.4, -0.2) is 31.9 Å². The summed E-state index contributed by atoms with van der Waals surface area (Å²) in [5, 5.41) is 9.56. The third-order valence-corrected chi connectivity index (χ3v) is 2.50. The van der Waals surface area contributed by atoms with Crippen molar-refractivity contribution < 1.29 is 24.1 Å². The molecule has 0 unspecified atom stereocenters. The molecule has 0 bridgehead atoms. The van der Waals surface area contributed by atoms with E-state index in [1.165, 1.54) is 14.2 Å². The largest absolute Gasteiger partial charge is 0.508 e. The lowest BCUT2D eigenvalue weighted by molar-refractivity contribution is -0.134. The van der Waals surface area contributed by atoms with Gasteiger partial charge in [0.05, 0.1) is 14.2 Å². The number of carbonyl (C=O) groups excluding carboxylic acids is 1. The number of hydrogen-bond donors (Lipinski definition) is 1. The van der Waals surface area contributed by atoms with Crippen LogP contribution in [0.2, 0.25) is 0 Å². The van der Waals surface area contributed by atoms with Crippen LogP contribution in [0.3, 0.4) is 0 Å². The fourth-order valence-corrected chi connectivity index (χ4v) is 1.67. The van der Waals surface area contributed by atoms with E-state index in [9.17, 15) is 9.90 Å². The highest BCUT2D eigenvalue weighted by Crippen LogP contribution is 2.33. The Morgan fingerprint density at radius 1 is 1.24 bits per heavy atom. The van der Waals surface area contributed by atoms with E-state index in [-0.39, 0.29) is 17.9 Å². The van der Waals surface area contributed by atoms with Crippen LogP contribution in [0.4, 0.5) is 0 Å². The van der Waals surface area contributed by atoms with Gasteiger partial charge in [0.2, 0.25) is 0 Å². The molecule has 1 aliphatic rings. The van der Waals surface area contributed by atoms with Gasteiger partial charge >= 0.3 is 5.97 Å². The van der Waals surface area contributed by atoms with E-state index in [4.69, 9.17) is 14.2 Å². The summed E-state index contributed by atoms with van der Waals surface area (Å²) in [4.78, 5) is 11.4. The number of rotatable bonds is 3. The highest BCUT2D eigenvalue weighted by Gasteiger charge is 2.26. The summed E-state index contributed by atoms with van der Waals surface area (Å²) in [6.07, 6.45) is 0. The second kappa shape index (κ2) is 4.37. The zero-order chi connectivity index (χ0) is 12.4. The monoisotopic (exact) mass is 236 g/mol. The molecule has 0 aromatic heterocycles. The zero-order valence-electron chi connectivity index (χ0n) is 9.52. The molecule has 0 atom stereocenters. The molecule has 0 spiro atoms. The van der Waals surface area contributed by atoms with Crippen LogP contribution in [0.1, 0.15) is 5.56 Å². The topological polar surface area (TPSA) is 65.0 Å². The van der Waals surface area contributed by atoms with E-state index in [1.807, 2.05) is 0 Å². The van der Waals surface area contributed by atoms with Crippen molar-refractivity contribution in [3.63, 3.8) is 0 Å². The molecule has 90 valence electrons. The lowest BCUT2D eigenvalue weighted by Crippen LogP contribution is -1.99. The van der Waals surface area contributed by atoms with Crippen molar-refractivity contribution in [1.82, 2.24) is 0 Å². The van der Waals surface area contributed by atoms with Gasteiger partial charge in [0, 0.05) is 0 Å². The van der Waals surface area contributed by atoms with Crippen molar-refractivity contribution in [2.24, 2.45) is 0 Å². The number of aliphatic hydroxyl groups excluding tert-OH is 1. The van der Waals surface area contributed by atoms with Crippen LogP contribution >= 0.6 is 0 Å². The average Bonchev–Trinajstić information content (AvgIpc) is 2.68. The molecular formula is C12H12O5. The van der Waals surface area contributed by atoms with Gasteiger partial charge in [-0.05, 0) is 17.7 Å². The van der Waals surface area contributed by atoms with Crippen molar-refractivity contribution in [3.8, 4) is 11.5 Å². The Morgan fingerprint density at radius 3 is 2.47 bits per heavy atom. The summed E-state index contributed by atoms with van der Waals surface area (Å²) >= 11 is 0. The molecular weight excluding hydrogens is 224 g/mol. The molecule has 5 nitrogen and oxygen atoms in total. The number of benzene rings is 1. The van der Waals surface area contributed by atoms with Gasteiger partial charge in [-0.25, -0.2) is 4.79 Å². The normalized spacial score (nSPS) is 14.8. The number of esters is 1. The molecule has 1 heterocycles. The first-order valence-corrected chi connectivity index (χ1v) is 4.99. The van der Waals surface area contributed by atoms with Crippen molar-refractivity contribution in [3.05, 3.63) is 29.5 Å². The molecule has 0 saturated heterocycles. The van der Waals surface area contributed by atoms with Gasteiger partial charge in [-0.2, -0.15) is 0 Å². The highest BCUT2D eigenvalue weighted by molar-refractivity contribution is 6.18. The van der Waals surface area contributed by atoms with Gasteiger partial charge in [0.15, 0.2) is 11.5 Å². The Balaban J connectivity index is 2.47. The Bertz CT molecular complexity index is 490. The summed E-state index contributed by atoms with van der Waals surface area (Å²) in [5.41, 5.74) is 0.716. The van der Waals surface area contributed by atoms with Gasteiger partial charge in [0.1, 0.15) is 17.9 Å². The molecule has 2 rings (SSSR count). The quantitative estimate of drug-likeness (QED) is 0.806. The van der Waals surface area contributed by atoms with E-state index in [1.54, 1.807) is 18.2 Å². The van der Waals surface area contributed by atoms with Crippen LogP contribution in [0, 0.1) is 0 Å². The maximum atomic E-state index is 11.4. The van der Waals surface area contributed by atoms with Gasteiger partial charge in [-0.1, -0.05) is 6.07 Å². The SMILES string of the molecule is COc1ccc(C2=C(O)COC2=O)cc1OC. The molecule has 0 amide bonds. The van der Waals surface area contributed by atoms with Gasteiger partial charge < -0.3 is 19.3 Å². The van der Waals surface area contributed by atoms with Crippen LogP contribution in [0.25, 0.3) is 5.57 Å². The predicted octanol–water partition coefficient (Wildman–Crippen LogP) is 1.53. The summed E-state index contributed by atoms with van der Waals surface area (Å²) in [6, 6.07) is 4.95. The zero-order valence-corrected chi connectivity index (χ0v) is 9.52. The second-order valence-electron chi connectivity index (χ2n) is 3.47. The Labute approximate surface area is 98.2 Å². The summed E-state index contributed by atoms with van der Waals surface area (Å²) in [6.45, 7) is -0.0808. The molecule has 17 heavy (non-hydrogen) atoms. The summed E-state index contributed by atoms with van der Waals surface area (Å²) in [5.74, 6) is 0.449. The minimum absolute atomic E-state index is 0.0674. The van der Waals surface area contributed by atoms with Crippen molar-refractivity contribution in [2.45, 2.75) is 0 Å². The van der Waals surface area contributed by atoms with Gasteiger partial charge in [-0.15, -0.1) is 0 Å². The smallest absolute Gasteiger partial charge is 0.342 e. The van der Waals surface area contributed by atoms with Crippen LogP contribution < -0.4 is 9.47 Å². The van der Waals surface area contributed by atoms with Crippen molar-refractivity contribution in [2.75, 3.05) is 20.8 Å².